The maximum Gasteiger partial charge on any atom is 0.338 e. The number of hydrogen-bond acceptors (Lipinski definition) is 2. The number of aromatic nitrogens is 1. The minimum absolute atomic E-state index is 0.273. The number of H-pyrrole nitrogens is 1. The molecule has 0 fully saturated rings. The summed E-state index contributed by atoms with van der Waals surface area (Å²) in [5, 5.41) is 2.76. The van der Waals surface area contributed by atoms with Crippen molar-refractivity contribution >= 4 is 39.4 Å². The fourth-order valence-corrected chi connectivity index (χ4v) is 3.77. The van der Waals surface area contributed by atoms with Gasteiger partial charge in [0, 0.05) is 38.0 Å². The van der Waals surface area contributed by atoms with Gasteiger partial charge in [0.15, 0.2) is 0 Å². The average Bonchev–Trinajstić information content (AvgIpc) is 3.15. The Labute approximate surface area is 142 Å². The summed E-state index contributed by atoms with van der Waals surface area (Å²) in [5.74, 6) is -0.273. The van der Waals surface area contributed by atoms with Crippen LogP contribution in [0.3, 0.4) is 0 Å². The van der Waals surface area contributed by atoms with Gasteiger partial charge in [-0.2, -0.15) is 0 Å². The van der Waals surface area contributed by atoms with Crippen LogP contribution in [-0.4, -0.2) is 11.0 Å². The number of aromatic amines is 1. The monoisotopic (exact) mass is 333 g/mol. The Balaban J connectivity index is 2.01. The van der Waals surface area contributed by atoms with E-state index < -0.39 is 0 Å². The number of carbonyl (C=O) groups is 1. The second-order valence-electron chi connectivity index (χ2n) is 5.93. The number of para-hydroxylation sites is 1. The topological polar surface area (TPSA) is 42.1 Å². The standard InChI is InChI=1S/C20H12ClNO2/c21-16-7-3-1-6-12(16)18-15-10-24-20(23)14(15)9-13-11-5-2-4-8-17(11)22-19(13)18/h1-9,22H,10H2. The van der Waals surface area contributed by atoms with E-state index in [2.05, 4.69) is 11.1 Å². The van der Waals surface area contributed by atoms with Crippen LogP contribution in [0.25, 0.3) is 32.9 Å². The van der Waals surface area contributed by atoms with Crippen molar-refractivity contribution in [3.05, 3.63) is 70.7 Å². The second kappa shape index (κ2) is 4.86. The van der Waals surface area contributed by atoms with Crippen molar-refractivity contribution in [2.24, 2.45) is 0 Å². The minimum atomic E-state index is -0.273. The van der Waals surface area contributed by atoms with Gasteiger partial charge in [0.05, 0.1) is 11.1 Å². The van der Waals surface area contributed by atoms with Crippen LogP contribution in [0.4, 0.5) is 0 Å². The van der Waals surface area contributed by atoms with Gasteiger partial charge in [-0.05, 0) is 18.2 Å². The Kier molecular flexibility index (Phi) is 2.76. The molecule has 3 nitrogen and oxygen atoms in total. The highest BCUT2D eigenvalue weighted by Gasteiger charge is 2.28. The lowest BCUT2D eigenvalue weighted by molar-refractivity contribution is 0.0535. The van der Waals surface area contributed by atoms with Crippen molar-refractivity contribution in [2.45, 2.75) is 6.61 Å². The van der Waals surface area contributed by atoms with E-state index >= 15 is 0 Å². The van der Waals surface area contributed by atoms with Gasteiger partial charge in [-0.15, -0.1) is 0 Å². The van der Waals surface area contributed by atoms with Crippen LogP contribution in [-0.2, 0) is 11.3 Å². The van der Waals surface area contributed by atoms with Gasteiger partial charge in [-0.3, -0.25) is 0 Å². The molecule has 1 aliphatic heterocycles. The van der Waals surface area contributed by atoms with Gasteiger partial charge in [-0.25, -0.2) is 4.79 Å². The number of ether oxygens (including phenoxy) is 1. The van der Waals surface area contributed by atoms with Crippen LogP contribution >= 0.6 is 11.6 Å². The molecule has 0 unspecified atom stereocenters. The summed E-state index contributed by atoms with van der Waals surface area (Å²) in [5.41, 5.74) is 5.41. The lowest BCUT2D eigenvalue weighted by Crippen LogP contribution is -1.95. The molecule has 1 aliphatic rings. The van der Waals surface area contributed by atoms with Crippen LogP contribution in [0.2, 0.25) is 5.02 Å². The Morgan fingerprint density at radius 3 is 2.62 bits per heavy atom. The molecule has 0 radical (unpaired) electrons. The highest BCUT2D eigenvalue weighted by molar-refractivity contribution is 6.34. The van der Waals surface area contributed by atoms with Crippen LogP contribution in [0.5, 0.6) is 0 Å². The predicted octanol–water partition coefficient (Wildman–Crippen LogP) is 5.31. The molecular formula is C20H12ClNO2. The summed E-state index contributed by atoms with van der Waals surface area (Å²) in [4.78, 5) is 15.7. The van der Waals surface area contributed by atoms with Crippen molar-refractivity contribution in [1.82, 2.24) is 4.98 Å². The third kappa shape index (κ3) is 1.76. The number of benzene rings is 3. The highest BCUT2D eigenvalue weighted by atomic mass is 35.5. The van der Waals surface area contributed by atoms with Gasteiger partial charge in [0.25, 0.3) is 0 Å². The van der Waals surface area contributed by atoms with E-state index in [9.17, 15) is 4.79 Å². The normalized spacial score (nSPS) is 13.5. The molecule has 1 aromatic heterocycles. The summed E-state index contributed by atoms with van der Waals surface area (Å²) >= 11 is 6.46. The summed E-state index contributed by atoms with van der Waals surface area (Å²) in [6.07, 6.45) is 0. The van der Waals surface area contributed by atoms with Crippen molar-refractivity contribution < 1.29 is 9.53 Å². The molecule has 3 aromatic carbocycles. The number of cyclic esters (lactones) is 1. The first-order chi connectivity index (χ1) is 11.7. The first kappa shape index (κ1) is 13.6. The molecule has 4 heteroatoms. The minimum Gasteiger partial charge on any atom is -0.457 e. The van der Waals surface area contributed by atoms with E-state index in [0.29, 0.717) is 10.6 Å². The molecule has 0 bridgehead atoms. The zero-order chi connectivity index (χ0) is 16.3. The summed E-state index contributed by atoms with van der Waals surface area (Å²) < 4.78 is 5.28. The largest absolute Gasteiger partial charge is 0.457 e. The first-order valence-electron chi connectivity index (χ1n) is 7.72. The molecular weight excluding hydrogens is 322 g/mol. The molecule has 0 aliphatic carbocycles. The summed E-state index contributed by atoms with van der Waals surface area (Å²) in [7, 11) is 0. The van der Waals surface area contributed by atoms with Gasteiger partial charge >= 0.3 is 5.97 Å². The third-order valence-corrected chi connectivity index (χ3v) is 4.95. The van der Waals surface area contributed by atoms with Crippen molar-refractivity contribution in [3.8, 4) is 11.1 Å². The van der Waals surface area contributed by atoms with Crippen molar-refractivity contribution in [3.63, 3.8) is 0 Å². The molecule has 0 amide bonds. The maximum absolute atomic E-state index is 12.2. The Bertz CT molecular complexity index is 1140. The van der Waals surface area contributed by atoms with E-state index in [-0.39, 0.29) is 12.6 Å². The van der Waals surface area contributed by atoms with Crippen molar-refractivity contribution in [1.29, 1.82) is 0 Å². The fraction of sp³-hybridized carbons (Fsp3) is 0.0500. The molecule has 116 valence electrons. The molecule has 24 heavy (non-hydrogen) atoms. The number of rotatable bonds is 1. The van der Waals surface area contributed by atoms with Gasteiger partial charge < -0.3 is 9.72 Å². The second-order valence-corrected chi connectivity index (χ2v) is 6.33. The molecule has 4 aromatic rings. The zero-order valence-electron chi connectivity index (χ0n) is 12.6. The smallest absolute Gasteiger partial charge is 0.338 e. The molecule has 0 spiro atoms. The van der Waals surface area contributed by atoms with E-state index in [1.54, 1.807) is 0 Å². The van der Waals surface area contributed by atoms with Crippen LogP contribution in [0.1, 0.15) is 15.9 Å². The molecule has 0 saturated heterocycles. The third-order valence-electron chi connectivity index (χ3n) is 4.62. The molecule has 0 atom stereocenters. The van der Waals surface area contributed by atoms with Crippen LogP contribution in [0, 0.1) is 0 Å². The van der Waals surface area contributed by atoms with E-state index in [1.807, 2.05) is 48.5 Å². The molecule has 1 N–H and O–H groups in total. The molecule has 2 heterocycles. The Morgan fingerprint density at radius 2 is 1.75 bits per heavy atom. The lowest BCUT2D eigenvalue weighted by atomic mass is 9.93. The number of fused-ring (bicyclic) bond motifs is 4. The average molecular weight is 334 g/mol. The number of esters is 1. The Hall–Kier alpha value is -2.78. The summed E-state index contributed by atoms with van der Waals surface area (Å²) in [6.45, 7) is 0.278. The van der Waals surface area contributed by atoms with Crippen LogP contribution in [0.15, 0.2) is 54.6 Å². The number of hydrogen-bond donors (Lipinski definition) is 1. The first-order valence-corrected chi connectivity index (χ1v) is 8.10. The quantitative estimate of drug-likeness (QED) is 0.479. The number of halogens is 1. The molecule has 0 saturated carbocycles. The maximum atomic E-state index is 12.2. The van der Waals surface area contributed by atoms with Gasteiger partial charge in [0.1, 0.15) is 6.61 Å². The van der Waals surface area contributed by atoms with Crippen LogP contribution < -0.4 is 0 Å². The number of carbonyl (C=O) groups excluding carboxylic acids is 1. The highest BCUT2D eigenvalue weighted by Crippen LogP contribution is 2.42. The van der Waals surface area contributed by atoms with Crippen molar-refractivity contribution in [2.75, 3.05) is 0 Å². The SMILES string of the molecule is O=C1OCc2c1cc1c([nH]c3ccccc31)c2-c1ccccc1Cl. The lowest BCUT2D eigenvalue weighted by Gasteiger charge is -2.10. The van der Waals surface area contributed by atoms with E-state index in [1.165, 1.54) is 0 Å². The zero-order valence-corrected chi connectivity index (χ0v) is 13.4. The fourth-order valence-electron chi connectivity index (χ4n) is 3.54. The predicted molar refractivity (Wildman–Crippen MR) is 95.4 cm³/mol. The summed E-state index contributed by atoms with van der Waals surface area (Å²) in [6, 6.07) is 17.7. The van der Waals surface area contributed by atoms with E-state index in [0.717, 1.165) is 38.5 Å². The molecule has 5 rings (SSSR count). The number of nitrogens with one attached hydrogen (secondary N) is 1. The van der Waals surface area contributed by atoms with E-state index in [4.69, 9.17) is 16.3 Å². The van der Waals surface area contributed by atoms with Gasteiger partial charge in [-0.1, -0.05) is 48.0 Å². The Morgan fingerprint density at radius 1 is 0.958 bits per heavy atom. The van der Waals surface area contributed by atoms with Gasteiger partial charge in [0.2, 0.25) is 0 Å².